The highest BCUT2D eigenvalue weighted by molar-refractivity contribution is 6.34. The van der Waals surface area contributed by atoms with Crippen LogP contribution >= 0.6 is 11.6 Å². The summed E-state index contributed by atoms with van der Waals surface area (Å²) in [6.07, 6.45) is 0. The van der Waals surface area contributed by atoms with Crippen molar-refractivity contribution in [2.24, 2.45) is 5.92 Å². The maximum atomic E-state index is 11.7. The molecule has 0 radical (unpaired) electrons. The first kappa shape index (κ1) is 14.8. The van der Waals surface area contributed by atoms with Crippen molar-refractivity contribution in [3.63, 3.8) is 0 Å². The Labute approximate surface area is 114 Å². The van der Waals surface area contributed by atoms with E-state index in [-0.39, 0.29) is 18.5 Å². The van der Waals surface area contributed by atoms with Crippen LogP contribution in [0.5, 0.6) is 0 Å². The Bertz CT molecular complexity index is 418. The quantitative estimate of drug-likeness (QED) is 0.861. The second-order valence-electron chi connectivity index (χ2n) is 4.89. The first-order valence-corrected chi connectivity index (χ1v) is 6.58. The average Bonchev–Trinajstić information content (AvgIpc) is 2.31. The summed E-state index contributed by atoms with van der Waals surface area (Å²) in [5, 5.41) is 6.66. The minimum atomic E-state index is -0.0197. The van der Waals surface area contributed by atoms with Crippen LogP contribution in [0, 0.1) is 12.8 Å². The van der Waals surface area contributed by atoms with Crippen LogP contribution in [0.15, 0.2) is 18.2 Å². The van der Waals surface area contributed by atoms with Gasteiger partial charge in [0.1, 0.15) is 0 Å². The molecule has 1 aromatic rings. The Morgan fingerprint density at radius 3 is 2.61 bits per heavy atom. The minimum Gasteiger partial charge on any atom is -0.375 e. The molecular formula is C14H21ClN2O. The molecule has 18 heavy (non-hydrogen) atoms. The molecule has 1 amide bonds. The monoisotopic (exact) mass is 268 g/mol. The summed E-state index contributed by atoms with van der Waals surface area (Å²) >= 11 is 6.14. The maximum absolute atomic E-state index is 11.7. The van der Waals surface area contributed by atoms with Gasteiger partial charge in [-0.05, 0) is 31.4 Å². The van der Waals surface area contributed by atoms with Gasteiger partial charge in [-0.3, -0.25) is 4.79 Å². The molecule has 0 bridgehead atoms. The highest BCUT2D eigenvalue weighted by Crippen LogP contribution is 2.24. The Hall–Kier alpha value is -1.22. The number of aryl methyl sites for hydroxylation is 1. The highest BCUT2D eigenvalue weighted by Gasteiger charge is 2.11. The molecule has 0 aromatic heterocycles. The third-order valence-electron chi connectivity index (χ3n) is 3.02. The van der Waals surface area contributed by atoms with Gasteiger partial charge in [-0.2, -0.15) is 0 Å². The lowest BCUT2D eigenvalue weighted by Crippen LogP contribution is -2.39. The van der Waals surface area contributed by atoms with Crippen molar-refractivity contribution in [2.75, 3.05) is 11.9 Å². The van der Waals surface area contributed by atoms with Gasteiger partial charge in [-0.15, -0.1) is 0 Å². The number of rotatable bonds is 5. The number of anilines is 1. The lowest BCUT2D eigenvalue weighted by molar-refractivity contribution is -0.120. The number of benzene rings is 1. The van der Waals surface area contributed by atoms with E-state index in [9.17, 15) is 4.79 Å². The van der Waals surface area contributed by atoms with Crippen LogP contribution < -0.4 is 10.6 Å². The lowest BCUT2D eigenvalue weighted by Gasteiger charge is -2.18. The van der Waals surface area contributed by atoms with Gasteiger partial charge >= 0.3 is 0 Å². The van der Waals surface area contributed by atoms with E-state index in [1.165, 1.54) is 0 Å². The van der Waals surface area contributed by atoms with E-state index in [0.29, 0.717) is 10.9 Å². The molecule has 3 nitrogen and oxygen atoms in total. The van der Waals surface area contributed by atoms with Gasteiger partial charge in [-0.25, -0.2) is 0 Å². The van der Waals surface area contributed by atoms with Crippen molar-refractivity contribution >= 4 is 23.2 Å². The van der Waals surface area contributed by atoms with Crippen molar-refractivity contribution in [3.05, 3.63) is 28.8 Å². The van der Waals surface area contributed by atoms with Crippen LogP contribution in [0.3, 0.4) is 0 Å². The third-order valence-corrected chi connectivity index (χ3v) is 3.52. The molecule has 4 heteroatoms. The molecule has 0 saturated carbocycles. The third kappa shape index (κ3) is 4.22. The molecule has 1 atom stereocenters. The van der Waals surface area contributed by atoms with Crippen molar-refractivity contribution in [1.82, 2.24) is 5.32 Å². The van der Waals surface area contributed by atoms with Crippen LogP contribution in [-0.2, 0) is 4.79 Å². The van der Waals surface area contributed by atoms with Crippen LogP contribution in [0.1, 0.15) is 26.3 Å². The second-order valence-corrected chi connectivity index (χ2v) is 5.27. The van der Waals surface area contributed by atoms with Gasteiger partial charge in [0.2, 0.25) is 5.91 Å². The zero-order chi connectivity index (χ0) is 13.7. The summed E-state index contributed by atoms with van der Waals surface area (Å²) in [5.41, 5.74) is 1.79. The molecule has 1 unspecified atom stereocenters. The summed E-state index contributed by atoms with van der Waals surface area (Å²) in [5.74, 6) is 0.408. The predicted molar refractivity (Wildman–Crippen MR) is 77.1 cm³/mol. The molecule has 1 rings (SSSR count). The number of halogens is 1. The molecule has 0 fully saturated rings. The van der Waals surface area contributed by atoms with E-state index in [1.807, 2.05) is 32.0 Å². The normalized spacial score (nSPS) is 12.3. The predicted octanol–water partition coefficient (Wildman–Crippen LogP) is 3.22. The van der Waals surface area contributed by atoms with Crippen molar-refractivity contribution < 1.29 is 4.79 Å². The molecule has 1 aromatic carbocycles. The zero-order valence-electron chi connectivity index (χ0n) is 11.4. The molecule has 0 saturated heterocycles. The second kappa shape index (κ2) is 6.64. The van der Waals surface area contributed by atoms with E-state index in [0.717, 1.165) is 11.3 Å². The summed E-state index contributed by atoms with van der Waals surface area (Å²) in [6, 6.07) is 5.90. The van der Waals surface area contributed by atoms with Gasteiger partial charge in [0, 0.05) is 6.04 Å². The molecular weight excluding hydrogens is 248 g/mol. The molecule has 100 valence electrons. The number of carbonyl (C=O) groups is 1. The van der Waals surface area contributed by atoms with E-state index in [4.69, 9.17) is 11.6 Å². The summed E-state index contributed by atoms with van der Waals surface area (Å²) in [6.45, 7) is 8.34. The van der Waals surface area contributed by atoms with E-state index in [1.54, 1.807) is 0 Å². The number of hydrogen-bond acceptors (Lipinski definition) is 2. The number of nitrogens with one attached hydrogen (secondary N) is 2. The van der Waals surface area contributed by atoms with Crippen molar-refractivity contribution in [1.29, 1.82) is 0 Å². The molecule has 0 aliphatic rings. The van der Waals surface area contributed by atoms with Crippen LogP contribution in [0.2, 0.25) is 5.02 Å². The maximum Gasteiger partial charge on any atom is 0.239 e. The van der Waals surface area contributed by atoms with Gasteiger partial charge in [0.25, 0.3) is 0 Å². The SMILES string of the molecule is Cc1cccc(NCC(=O)NC(C)C(C)C)c1Cl. The Morgan fingerprint density at radius 1 is 1.33 bits per heavy atom. The summed E-state index contributed by atoms with van der Waals surface area (Å²) in [4.78, 5) is 11.7. The van der Waals surface area contributed by atoms with E-state index < -0.39 is 0 Å². The fourth-order valence-electron chi connectivity index (χ4n) is 1.43. The minimum absolute atomic E-state index is 0.0197. The largest absolute Gasteiger partial charge is 0.375 e. The van der Waals surface area contributed by atoms with E-state index >= 15 is 0 Å². The fourth-order valence-corrected chi connectivity index (χ4v) is 1.62. The van der Waals surface area contributed by atoms with E-state index in [2.05, 4.69) is 24.5 Å². The molecule has 0 heterocycles. The topological polar surface area (TPSA) is 41.1 Å². The molecule has 2 N–H and O–H groups in total. The summed E-state index contributed by atoms with van der Waals surface area (Å²) in [7, 11) is 0. The number of hydrogen-bond donors (Lipinski definition) is 2. The van der Waals surface area contributed by atoms with Crippen LogP contribution in [-0.4, -0.2) is 18.5 Å². The van der Waals surface area contributed by atoms with Gasteiger partial charge in [0.15, 0.2) is 0 Å². The lowest BCUT2D eigenvalue weighted by atomic mass is 10.1. The van der Waals surface area contributed by atoms with Gasteiger partial charge in [-0.1, -0.05) is 37.6 Å². The van der Waals surface area contributed by atoms with Gasteiger partial charge < -0.3 is 10.6 Å². The first-order valence-electron chi connectivity index (χ1n) is 6.20. The van der Waals surface area contributed by atoms with Crippen molar-refractivity contribution in [2.45, 2.75) is 33.7 Å². The average molecular weight is 269 g/mol. The number of amides is 1. The molecule has 0 aliphatic heterocycles. The Kier molecular flexibility index (Phi) is 5.48. The van der Waals surface area contributed by atoms with Crippen LogP contribution in [0.25, 0.3) is 0 Å². The fraction of sp³-hybridized carbons (Fsp3) is 0.500. The number of carbonyl (C=O) groups excluding carboxylic acids is 1. The first-order chi connectivity index (χ1) is 8.41. The summed E-state index contributed by atoms with van der Waals surface area (Å²) < 4.78 is 0. The zero-order valence-corrected chi connectivity index (χ0v) is 12.1. The standard InChI is InChI=1S/C14H21ClN2O/c1-9(2)11(4)17-13(18)8-16-12-7-5-6-10(3)14(12)15/h5-7,9,11,16H,8H2,1-4H3,(H,17,18). The van der Waals surface area contributed by atoms with Gasteiger partial charge in [0.05, 0.1) is 17.3 Å². The molecule has 0 aliphatic carbocycles. The highest BCUT2D eigenvalue weighted by atomic mass is 35.5. The smallest absolute Gasteiger partial charge is 0.239 e. The van der Waals surface area contributed by atoms with Crippen molar-refractivity contribution in [3.8, 4) is 0 Å². The Balaban J connectivity index is 2.50. The molecule has 0 spiro atoms. The van der Waals surface area contributed by atoms with Crippen LogP contribution in [0.4, 0.5) is 5.69 Å². The Morgan fingerprint density at radius 2 is 2.00 bits per heavy atom.